The van der Waals surface area contributed by atoms with E-state index in [0.717, 1.165) is 22.6 Å². The number of hydrogen-bond donors (Lipinski definition) is 2. The van der Waals surface area contributed by atoms with Gasteiger partial charge < -0.3 is 15.6 Å². The summed E-state index contributed by atoms with van der Waals surface area (Å²) < 4.78 is 5.42. The van der Waals surface area contributed by atoms with Crippen LogP contribution in [0.25, 0.3) is 0 Å². The van der Waals surface area contributed by atoms with Crippen LogP contribution in [0.2, 0.25) is 0 Å². The molecule has 3 nitrogen and oxygen atoms in total. The van der Waals surface area contributed by atoms with Gasteiger partial charge in [-0.25, -0.2) is 0 Å². The Hall–Kier alpha value is -0.870. The lowest BCUT2D eigenvalue weighted by molar-refractivity contribution is 0.262. The van der Waals surface area contributed by atoms with Crippen LogP contribution >= 0.6 is 11.8 Å². The van der Waals surface area contributed by atoms with Crippen LogP contribution in [-0.2, 0) is 0 Å². The summed E-state index contributed by atoms with van der Waals surface area (Å²) in [5, 5.41) is 9.92. The van der Waals surface area contributed by atoms with E-state index < -0.39 is 0 Å². The van der Waals surface area contributed by atoms with Crippen LogP contribution in [0.1, 0.15) is 18.0 Å². The predicted molar refractivity (Wildman–Crippen MR) is 56.9 cm³/mol. The van der Waals surface area contributed by atoms with Crippen LogP contribution in [0.4, 0.5) is 0 Å². The van der Waals surface area contributed by atoms with E-state index >= 15 is 0 Å². The maximum atomic E-state index is 9.92. The molecule has 0 aliphatic carbocycles. The summed E-state index contributed by atoms with van der Waals surface area (Å²) >= 11 is 1.51. The van der Waals surface area contributed by atoms with E-state index in [4.69, 9.17) is 10.5 Å². The highest BCUT2D eigenvalue weighted by Gasteiger charge is 2.23. The highest BCUT2D eigenvalue weighted by atomic mass is 32.2. The number of aromatic hydroxyl groups is 1. The Morgan fingerprint density at radius 3 is 3.07 bits per heavy atom. The molecule has 1 aliphatic heterocycles. The second-order valence-corrected chi connectivity index (χ2v) is 4.12. The van der Waals surface area contributed by atoms with Crippen molar-refractivity contribution < 1.29 is 9.84 Å². The van der Waals surface area contributed by atoms with Crippen molar-refractivity contribution in [2.24, 2.45) is 5.73 Å². The first-order valence-corrected chi connectivity index (χ1v) is 5.74. The van der Waals surface area contributed by atoms with Gasteiger partial charge in [0.15, 0.2) is 0 Å². The fourth-order valence-corrected chi connectivity index (χ4v) is 2.17. The maximum absolute atomic E-state index is 9.92. The van der Waals surface area contributed by atoms with E-state index in [9.17, 15) is 5.11 Å². The molecule has 0 aromatic heterocycles. The highest BCUT2D eigenvalue weighted by molar-refractivity contribution is 7.98. The number of fused-ring (bicyclic) bond motifs is 1. The molecule has 0 fully saturated rings. The Balaban J connectivity index is 2.54. The fourth-order valence-electron chi connectivity index (χ4n) is 1.66. The molecule has 1 unspecified atom stereocenters. The quantitative estimate of drug-likeness (QED) is 0.697. The molecule has 1 aromatic carbocycles. The molecule has 0 radical (unpaired) electrons. The molecule has 0 spiro atoms. The van der Waals surface area contributed by atoms with Crippen LogP contribution in [0.15, 0.2) is 17.0 Å². The largest absolute Gasteiger partial charge is 0.506 e. The third kappa shape index (κ3) is 1.44. The average molecular weight is 211 g/mol. The van der Waals surface area contributed by atoms with E-state index in [2.05, 4.69) is 0 Å². The Morgan fingerprint density at radius 1 is 1.57 bits per heavy atom. The SMILES string of the molecule is CSc1ccc2c(c1O)C(N)CCO2. The summed E-state index contributed by atoms with van der Waals surface area (Å²) in [7, 11) is 0. The van der Waals surface area contributed by atoms with Crippen LogP contribution in [0.5, 0.6) is 11.5 Å². The molecule has 0 bridgehead atoms. The van der Waals surface area contributed by atoms with Gasteiger partial charge in [-0.1, -0.05) is 0 Å². The van der Waals surface area contributed by atoms with Gasteiger partial charge in [-0.05, 0) is 18.4 Å². The van der Waals surface area contributed by atoms with Crippen molar-refractivity contribution in [2.45, 2.75) is 17.4 Å². The first-order chi connectivity index (χ1) is 6.74. The van der Waals surface area contributed by atoms with Crippen LogP contribution in [0, 0.1) is 0 Å². The summed E-state index contributed by atoms with van der Waals surface area (Å²) in [6.45, 7) is 0.631. The van der Waals surface area contributed by atoms with E-state index in [1.165, 1.54) is 11.8 Å². The summed E-state index contributed by atoms with van der Waals surface area (Å²) in [5.74, 6) is 1.00. The van der Waals surface area contributed by atoms with Gasteiger partial charge in [0.2, 0.25) is 0 Å². The minimum absolute atomic E-state index is 0.106. The molecule has 0 amide bonds. The minimum atomic E-state index is -0.106. The van der Waals surface area contributed by atoms with E-state index in [1.54, 1.807) is 0 Å². The van der Waals surface area contributed by atoms with Crippen molar-refractivity contribution in [3.05, 3.63) is 17.7 Å². The topological polar surface area (TPSA) is 55.5 Å². The van der Waals surface area contributed by atoms with Gasteiger partial charge in [-0.3, -0.25) is 0 Å². The Kier molecular flexibility index (Phi) is 2.56. The number of hydrogen-bond acceptors (Lipinski definition) is 4. The van der Waals surface area contributed by atoms with Gasteiger partial charge in [0.05, 0.1) is 12.2 Å². The van der Waals surface area contributed by atoms with Gasteiger partial charge in [0.25, 0.3) is 0 Å². The second kappa shape index (κ2) is 3.71. The number of ether oxygens (including phenoxy) is 1. The molecule has 1 aliphatic rings. The fraction of sp³-hybridized carbons (Fsp3) is 0.400. The summed E-state index contributed by atoms with van der Waals surface area (Å²) in [6.07, 6.45) is 2.69. The number of phenols is 1. The van der Waals surface area contributed by atoms with E-state index in [1.807, 2.05) is 18.4 Å². The number of phenolic OH excluding ortho intramolecular Hbond substituents is 1. The first kappa shape index (κ1) is 9.68. The second-order valence-electron chi connectivity index (χ2n) is 3.27. The molecule has 3 N–H and O–H groups in total. The molecule has 1 heterocycles. The molecule has 1 aromatic rings. The number of thioether (sulfide) groups is 1. The smallest absolute Gasteiger partial charge is 0.137 e. The molecular formula is C10H13NO2S. The number of benzene rings is 1. The van der Waals surface area contributed by atoms with Crippen LogP contribution < -0.4 is 10.5 Å². The summed E-state index contributed by atoms with van der Waals surface area (Å²) in [5.41, 5.74) is 6.67. The van der Waals surface area contributed by atoms with Gasteiger partial charge in [-0.2, -0.15) is 0 Å². The molecular weight excluding hydrogens is 198 g/mol. The van der Waals surface area contributed by atoms with Gasteiger partial charge in [-0.15, -0.1) is 11.8 Å². The monoisotopic (exact) mass is 211 g/mol. The third-order valence-corrected chi connectivity index (χ3v) is 3.19. The third-order valence-electron chi connectivity index (χ3n) is 2.42. The zero-order valence-electron chi connectivity index (χ0n) is 7.99. The Morgan fingerprint density at radius 2 is 2.36 bits per heavy atom. The molecule has 0 saturated carbocycles. The Bertz CT molecular complexity index is 354. The molecule has 1 atom stereocenters. The van der Waals surface area contributed by atoms with Crippen molar-refractivity contribution in [2.75, 3.05) is 12.9 Å². The first-order valence-electron chi connectivity index (χ1n) is 4.52. The minimum Gasteiger partial charge on any atom is -0.506 e. The number of nitrogens with two attached hydrogens (primary N) is 1. The van der Waals surface area contributed by atoms with Crippen LogP contribution in [0.3, 0.4) is 0 Å². The van der Waals surface area contributed by atoms with Crippen molar-refractivity contribution in [3.63, 3.8) is 0 Å². The van der Waals surface area contributed by atoms with E-state index in [-0.39, 0.29) is 11.8 Å². The van der Waals surface area contributed by atoms with Gasteiger partial charge >= 0.3 is 0 Å². The summed E-state index contributed by atoms with van der Waals surface area (Å²) in [4.78, 5) is 0.852. The summed E-state index contributed by atoms with van der Waals surface area (Å²) in [6, 6.07) is 3.63. The molecule has 4 heteroatoms. The lowest BCUT2D eigenvalue weighted by Crippen LogP contribution is -2.20. The lowest BCUT2D eigenvalue weighted by atomic mass is 10.0. The van der Waals surface area contributed by atoms with Crippen molar-refractivity contribution >= 4 is 11.8 Å². The highest BCUT2D eigenvalue weighted by Crippen LogP contribution is 2.42. The van der Waals surface area contributed by atoms with Crippen molar-refractivity contribution in [3.8, 4) is 11.5 Å². The maximum Gasteiger partial charge on any atom is 0.137 e. The van der Waals surface area contributed by atoms with Crippen LogP contribution in [-0.4, -0.2) is 18.0 Å². The van der Waals surface area contributed by atoms with Gasteiger partial charge in [0.1, 0.15) is 11.5 Å². The standard InChI is InChI=1S/C10H13NO2S/c1-14-8-3-2-7-9(10(8)12)6(11)4-5-13-7/h2-3,6,12H,4-5,11H2,1H3. The molecule has 2 rings (SSSR count). The van der Waals surface area contributed by atoms with E-state index in [0.29, 0.717) is 6.61 Å². The normalized spacial score (nSPS) is 20.0. The number of rotatable bonds is 1. The van der Waals surface area contributed by atoms with Crippen molar-refractivity contribution in [1.82, 2.24) is 0 Å². The predicted octanol–water partition coefficient (Wildman–Crippen LogP) is 1.90. The average Bonchev–Trinajstić information content (AvgIpc) is 2.18. The Labute approximate surface area is 87.3 Å². The zero-order chi connectivity index (χ0) is 10.1. The molecule has 14 heavy (non-hydrogen) atoms. The molecule has 0 saturated heterocycles. The van der Waals surface area contributed by atoms with Gasteiger partial charge in [0, 0.05) is 17.4 Å². The van der Waals surface area contributed by atoms with Crippen molar-refractivity contribution in [1.29, 1.82) is 0 Å². The zero-order valence-corrected chi connectivity index (χ0v) is 8.80. The molecule has 76 valence electrons. The lowest BCUT2D eigenvalue weighted by Gasteiger charge is -2.24.